The van der Waals surface area contributed by atoms with Crippen LogP contribution in [0.5, 0.6) is 0 Å². The Balaban J connectivity index is 2.20. The molecule has 2 rings (SSSR count). The van der Waals surface area contributed by atoms with E-state index in [0.29, 0.717) is 24.5 Å². The van der Waals surface area contributed by atoms with E-state index in [4.69, 9.17) is 21.2 Å². The molecule has 0 aromatic carbocycles. The van der Waals surface area contributed by atoms with Crippen molar-refractivity contribution in [3.8, 4) is 0 Å². The Morgan fingerprint density at radius 2 is 2.39 bits per heavy atom. The van der Waals surface area contributed by atoms with Crippen LogP contribution >= 0.6 is 11.6 Å². The number of aliphatic hydroxyl groups excluding tert-OH is 1. The van der Waals surface area contributed by atoms with E-state index in [2.05, 4.69) is 12.1 Å². The summed E-state index contributed by atoms with van der Waals surface area (Å²) < 4.78 is 5.71. The van der Waals surface area contributed by atoms with Gasteiger partial charge in [0.2, 0.25) is 0 Å². The second-order valence-electron chi connectivity index (χ2n) is 6.36. The fraction of sp³-hybridized carbons (Fsp3) is 0.647. The molecule has 2 unspecified atom stereocenters. The summed E-state index contributed by atoms with van der Waals surface area (Å²) in [4.78, 5) is 17.6. The number of halogens is 1. The van der Waals surface area contributed by atoms with Crippen molar-refractivity contribution in [1.29, 1.82) is 0 Å². The summed E-state index contributed by atoms with van der Waals surface area (Å²) in [6, 6.07) is 0. The number of oxime groups is 1. The molecular formula is C17H24ClNO4. The summed E-state index contributed by atoms with van der Waals surface area (Å²) >= 11 is 5.42. The van der Waals surface area contributed by atoms with Gasteiger partial charge in [-0.15, -0.1) is 0 Å². The van der Waals surface area contributed by atoms with Crippen LogP contribution in [-0.2, 0) is 14.4 Å². The third kappa shape index (κ3) is 4.28. The van der Waals surface area contributed by atoms with Crippen molar-refractivity contribution >= 4 is 23.3 Å². The van der Waals surface area contributed by atoms with E-state index in [-0.39, 0.29) is 17.9 Å². The molecule has 0 radical (unpaired) electrons. The van der Waals surface area contributed by atoms with E-state index in [1.807, 2.05) is 6.92 Å². The number of rotatable bonds is 6. The molecule has 6 heteroatoms. The molecule has 0 amide bonds. The average Bonchev–Trinajstić information content (AvgIpc) is 2.83. The Morgan fingerprint density at radius 3 is 2.96 bits per heavy atom. The molecule has 0 bridgehead atoms. The van der Waals surface area contributed by atoms with Gasteiger partial charge in [0.25, 0.3) is 0 Å². The lowest BCUT2D eigenvalue weighted by molar-refractivity contribution is -0.157. The zero-order valence-electron chi connectivity index (χ0n) is 13.7. The molecule has 2 atom stereocenters. The minimum Gasteiger partial charge on any atom is -0.511 e. The lowest BCUT2D eigenvalue weighted by Crippen LogP contribution is -2.39. The van der Waals surface area contributed by atoms with Crippen molar-refractivity contribution in [3.63, 3.8) is 0 Å². The summed E-state index contributed by atoms with van der Waals surface area (Å²) in [5.74, 6) is 0.0807. The molecule has 5 nitrogen and oxygen atoms in total. The van der Waals surface area contributed by atoms with E-state index < -0.39 is 11.6 Å². The molecule has 0 aromatic heterocycles. The standard InChI is InChI=1S/C17H24ClNO4/c1-3-5-13(19-22-9-4-8-18)15-14(20)11-17(23-16(15)21)7-6-12(2)10-17/h4,8,12,20H,3,5-7,9-11H2,1-2H3/b8-4+,19-13-. The van der Waals surface area contributed by atoms with Crippen molar-refractivity contribution in [2.75, 3.05) is 6.61 Å². The van der Waals surface area contributed by atoms with Gasteiger partial charge in [0.15, 0.2) is 0 Å². The Morgan fingerprint density at radius 1 is 1.61 bits per heavy atom. The van der Waals surface area contributed by atoms with Crippen LogP contribution < -0.4 is 0 Å². The number of hydrogen-bond acceptors (Lipinski definition) is 5. The molecule has 1 spiro atoms. The minimum atomic E-state index is -0.538. The first-order valence-corrected chi connectivity index (χ1v) is 8.55. The highest BCUT2D eigenvalue weighted by atomic mass is 35.5. The van der Waals surface area contributed by atoms with Crippen LogP contribution in [0.15, 0.2) is 28.1 Å². The maximum atomic E-state index is 12.5. The second kappa shape index (κ2) is 7.86. The molecule has 1 saturated carbocycles. The second-order valence-corrected chi connectivity index (χ2v) is 6.62. The molecule has 1 aliphatic carbocycles. The average molecular weight is 342 g/mol. The summed E-state index contributed by atoms with van der Waals surface area (Å²) in [7, 11) is 0. The number of nitrogens with zero attached hydrogens (tertiary/aromatic N) is 1. The van der Waals surface area contributed by atoms with Crippen LogP contribution in [0.3, 0.4) is 0 Å². The third-order valence-electron chi connectivity index (χ3n) is 4.31. The van der Waals surface area contributed by atoms with Crippen LogP contribution in [-0.4, -0.2) is 29.0 Å². The molecule has 2 aliphatic rings. The van der Waals surface area contributed by atoms with Gasteiger partial charge in [0, 0.05) is 12.0 Å². The molecule has 0 saturated heterocycles. The predicted molar refractivity (Wildman–Crippen MR) is 89.4 cm³/mol. The largest absolute Gasteiger partial charge is 0.511 e. The van der Waals surface area contributed by atoms with Crippen molar-refractivity contribution < 1.29 is 19.5 Å². The lowest BCUT2D eigenvalue weighted by atomic mass is 9.89. The zero-order valence-corrected chi connectivity index (χ0v) is 14.4. The van der Waals surface area contributed by atoms with Crippen molar-refractivity contribution in [2.24, 2.45) is 11.1 Å². The SMILES string of the molecule is CCC/C(=N/OC/C=C/Cl)C1=C(O)CC2(CCC(C)C2)OC1=O. The fourth-order valence-electron chi connectivity index (χ4n) is 3.33. The third-order valence-corrected chi connectivity index (χ3v) is 4.49. The normalized spacial score (nSPS) is 28.7. The van der Waals surface area contributed by atoms with Gasteiger partial charge in [-0.3, -0.25) is 0 Å². The van der Waals surface area contributed by atoms with Gasteiger partial charge in [-0.05, 0) is 37.7 Å². The van der Waals surface area contributed by atoms with Gasteiger partial charge in [-0.2, -0.15) is 0 Å². The van der Waals surface area contributed by atoms with Crippen molar-refractivity contribution in [3.05, 3.63) is 22.9 Å². The molecular weight excluding hydrogens is 318 g/mol. The van der Waals surface area contributed by atoms with Crippen LogP contribution in [0, 0.1) is 5.92 Å². The molecule has 1 N–H and O–H groups in total. The van der Waals surface area contributed by atoms with Crippen LogP contribution in [0.4, 0.5) is 0 Å². The van der Waals surface area contributed by atoms with E-state index >= 15 is 0 Å². The Bertz CT molecular complexity index is 541. The highest BCUT2D eigenvalue weighted by molar-refractivity contribution is 6.25. The molecule has 128 valence electrons. The quantitative estimate of drug-likeness (QED) is 0.340. The van der Waals surface area contributed by atoms with Crippen molar-refractivity contribution in [2.45, 2.75) is 58.0 Å². The monoisotopic (exact) mass is 341 g/mol. The van der Waals surface area contributed by atoms with Crippen LogP contribution in [0.2, 0.25) is 0 Å². The minimum absolute atomic E-state index is 0.0686. The first-order valence-electron chi connectivity index (χ1n) is 8.11. The molecule has 1 aliphatic heterocycles. The Kier molecular flexibility index (Phi) is 6.10. The highest BCUT2D eigenvalue weighted by Crippen LogP contribution is 2.44. The van der Waals surface area contributed by atoms with E-state index in [9.17, 15) is 9.90 Å². The maximum Gasteiger partial charge on any atom is 0.344 e. The summed E-state index contributed by atoms with van der Waals surface area (Å²) in [6.07, 6.45) is 5.88. The first kappa shape index (κ1) is 17.9. The van der Waals surface area contributed by atoms with Gasteiger partial charge in [-0.1, -0.05) is 37.0 Å². The van der Waals surface area contributed by atoms with Gasteiger partial charge < -0.3 is 14.7 Å². The smallest absolute Gasteiger partial charge is 0.344 e. The van der Waals surface area contributed by atoms with Crippen LogP contribution in [0.25, 0.3) is 0 Å². The number of carbonyl (C=O) groups excluding carboxylic acids is 1. The van der Waals surface area contributed by atoms with Gasteiger partial charge in [-0.25, -0.2) is 4.79 Å². The zero-order chi connectivity index (χ0) is 16.9. The predicted octanol–water partition coefficient (Wildman–Crippen LogP) is 4.23. The first-order chi connectivity index (χ1) is 11.0. The van der Waals surface area contributed by atoms with Gasteiger partial charge in [0.1, 0.15) is 23.5 Å². The number of aliphatic hydroxyl groups is 1. The number of carbonyl (C=O) groups is 1. The molecule has 23 heavy (non-hydrogen) atoms. The van der Waals surface area contributed by atoms with E-state index in [1.54, 1.807) is 6.08 Å². The number of esters is 1. The highest BCUT2D eigenvalue weighted by Gasteiger charge is 2.47. The summed E-state index contributed by atoms with van der Waals surface area (Å²) in [5, 5.41) is 14.5. The number of ether oxygens (including phenoxy) is 1. The van der Waals surface area contributed by atoms with Crippen LogP contribution in [0.1, 0.15) is 52.4 Å². The molecule has 0 aromatic rings. The van der Waals surface area contributed by atoms with E-state index in [1.165, 1.54) is 5.54 Å². The fourth-order valence-corrected chi connectivity index (χ4v) is 3.40. The Hall–Kier alpha value is -1.49. The molecule has 1 fully saturated rings. The van der Waals surface area contributed by atoms with Crippen molar-refractivity contribution in [1.82, 2.24) is 0 Å². The lowest BCUT2D eigenvalue weighted by Gasteiger charge is -2.34. The molecule has 1 heterocycles. The van der Waals surface area contributed by atoms with E-state index in [0.717, 1.165) is 25.7 Å². The Labute approximate surface area is 142 Å². The topological polar surface area (TPSA) is 68.1 Å². The summed E-state index contributed by atoms with van der Waals surface area (Å²) in [6.45, 7) is 4.32. The van der Waals surface area contributed by atoms with Gasteiger partial charge >= 0.3 is 5.97 Å². The summed E-state index contributed by atoms with van der Waals surface area (Å²) in [5.41, 5.74) is 1.39. The maximum absolute atomic E-state index is 12.5. The number of hydrogen-bond donors (Lipinski definition) is 1. The van der Waals surface area contributed by atoms with Gasteiger partial charge in [0.05, 0.1) is 5.71 Å².